The number of anilines is 1. The summed E-state index contributed by atoms with van der Waals surface area (Å²) in [5.74, 6) is -0.314. The first-order valence-electron chi connectivity index (χ1n) is 4.44. The molecule has 0 saturated heterocycles. The summed E-state index contributed by atoms with van der Waals surface area (Å²) in [5, 5.41) is 12.1. The topological polar surface area (TPSA) is 49.3 Å². The molecule has 2 N–H and O–H groups in total. The Morgan fingerprint density at radius 1 is 1.50 bits per heavy atom. The molecule has 0 fully saturated rings. The van der Waals surface area contributed by atoms with Gasteiger partial charge in [-0.3, -0.25) is 4.79 Å². The maximum absolute atomic E-state index is 11.3. The number of carbonyl (C=O) groups is 1. The number of aliphatic hydroxyl groups is 1. The fraction of sp³-hybridized carbons (Fsp3) is 0.300. The van der Waals surface area contributed by atoms with E-state index in [4.69, 9.17) is 0 Å². The lowest BCUT2D eigenvalue weighted by atomic mass is 10.1. The lowest BCUT2D eigenvalue weighted by Gasteiger charge is -2.06. The molecule has 0 aliphatic carbocycles. The SMILES string of the molecule is O=C1Nc2ccc(Br)cc2CCC1O. The predicted molar refractivity (Wildman–Crippen MR) is 57.1 cm³/mol. The molecule has 1 aliphatic rings. The van der Waals surface area contributed by atoms with Crippen molar-refractivity contribution in [1.29, 1.82) is 0 Å². The van der Waals surface area contributed by atoms with Crippen molar-refractivity contribution in [2.24, 2.45) is 0 Å². The van der Waals surface area contributed by atoms with Gasteiger partial charge in [-0.25, -0.2) is 0 Å². The molecule has 0 bridgehead atoms. The highest BCUT2D eigenvalue weighted by Gasteiger charge is 2.20. The van der Waals surface area contributed by atoms with E-state index in [0.29, 0.717) is 12.8 Å². The Morgan fingerprint density at radius 3 is 3.07 bits per heavy atom. The van der Waals surface area contributed by atoms with Gasteiger partial charge in [-0.2, -0.15) is 0 Å². The molecule has 1 aromatic rings. The average Bonchev–Trinajstić information content (AvgIpc) is 2.29. The van der Waals surface area contributed by atoms with Gasteiger partial charge in [0.05, 0.1) is 0 Å². The maximum atomic E-state index is 11.3. The molecule has 2 rings (SSSR count). The van der Waals surface area contributed by atoms with Crippen LogP contribution in [0.25, 0.3) is 0 Å². The molecule has 1 heterocycles. The van der Waals surface area contributed by atoms with Gasteiger partial charge in [0.2, 0.25) is 0 Å². The third-order valence-electron chi connectivity index (χ3n) is 2.31. The molecule has 0 spiro atoms. The largest absolute Gasteiger partial charge is 0.383 e. The molecular weight excluding hydrogens is 246 g/mol. The number of amides is 1. The first-order valence-corrected chi connectivity index (χ1v) is 5.23. The highest BCUT2D eigenvalue weighted by Crippen LogP contribution is 2.25. The van der Waals surface area contributed by atoms with E-state index in [9.17, 15) is 9.90 Å². The molecule has 3 nitrogen and oxygen atoms in total. The van der Waals surface area contributed by atoms with Crippen LogP contribution in [0.3, 0.4) is 0 Å². The van der Waals surface area contributed by atoms with Crippen LogP contribution in [-0.2, 0) is 11.2 Å². The molecule has 74 valence electrons. The number of hydrogen-bond donors (Lipinski definition) is 2. The Morgan fingerprint density at radius 2 is 2.29 bits per heavy atom. The number of aryl methyl sites for hydroxylation is 1. The van der Waals surface area contributed by atoms with E-state index >= 15 is 0 Å². The van der Waals surface area contributed by atoms with E-state index in [2.05, 4.69) is 21.2 Å². The molecular formula is C10H10BrNO2. The Bertz CT molecular complexity index is 378. The second-order valence-corrected chi connectivity index (χ2v) is 4.26. The van der Waals surface area contributed by atoms with Gasteiger partial charge in [-0.05, 0) is 36.6 Å². The van der Waals surface area contributed by atoms with Gasteiger partial charge in [0.15, 0.2) is 0 Å². The summed E-state index contributed by atoms with van der Waals surface area (Å²) < 4.78 is 0.988. The minimum Gasteiger partial charge on any atom is -0.383 e. The summed E-state index contributed by atoms with van der Waals surface area (Å²) in [6, 6.07) is 5.68. The van der Waals surface area contributed by atoms with E-state index in [0.717, 1.165) is 15.7 Å². The number of halogens is 1. The Hall–Kier alpha value is -0.870. The standard InChI is InChI=1S/C10H10BrNO2/c11-7-2-3-8-6(5-7)1-4-9(13)10(14)12-8/h2-3,5,9,13H,1,4H2,(H,12,14). The fourth-order valence-electron chi connectivity index (χ4n) is 1.53. The van der Waals surface area contributed by atoms with Crippen LogP contribution in [0, 0.1) is 0 Å². The molecule has 1 aliphatic heterocycles. The van der Waals surface area contributed by atoms with Crippen molar-refractivity contribution in [2.75, 3.05) is 5.32 Å². The van der Waals surface area contributed by atoms with Crippen molar-refractivity contribution in [1.82, 2.24) is 0 Å². The Balaban J connectivity index is 2.37. The van der Waals surface area contributed by atoms with Crippen molar-refractivity contribution in [3.05, 3.63) is 28.2 Å². The number of fused-ring (bicyclic) bond motifs is 1. The van der Waals surface area contributed by atoms with Crippen LogP contribution in [0.4, 0.5) is 5.69 Å². The van der Waals surface area contributed by atoms with Gasteiger partial charge in [-0.1, -0.05) is 15.9 Å². The lowest BCUT2D eigenvalue weighted by Crippen LogP contribution is -2.25. The van der Waals surface area contributed by atoms with Crippen molar-refractivity contribution in [3.63, 3.8) is 0 Å². The molecule has 1 unspecified atom stereocenters. The highest BCUT2D eigenvalue weighted by molar-refractivity contribution is 9.10. The van der Waals surface area contributed by atoms with Gasteiger partial charge in [-0.15, -0.1) is 0 Å². The molecule has 0 radical (unpaired) electrons. The zero-order valence-electron chi connectivity index (χ0n) is 7.46. The molecule has 1 amide bonds. The van der Waals surface area contributed by atoms with Crippen molar-refractivity contribution < 1.29 is 9.90 Å². The molecule has 1 aromatic carbocycles. The van der Waals surface area contributed by atoms with Gasteiger partial charge in [0, 0.05) is 10.2 Å². The third kappa shape index (κ3) is 1.81. The van der Waals surface area contributed by atoms with E-state index in [1.807, 2.05) is 18.2 Å². The van der Waals surface area contributed by atoms with Crippen molar-refractivity contribution >= 4 is 27.5 Å². The first kappa shape index (κ1) is 9.68. The van der Waals surface area contributed by atoms with Crippen LogP contribution in [0.5, 0.6) is 0 Å². The highest BCUT2D eigenvalue weighted by atomic mass is 79.9. The first-order chi connectivity index (χ1) is 6.66. The smallest absolute Gasteiger partial charge is 0.253 e. The van der Waals surface area contributed by atoms with Crippen LogP contribution < -0.4 is 5.32 Å². The molecule has 0 saturated carbocycles. The fourth-order valence-corrected chi connectivity index (χ4v) is 1.94. The second-order valence-electron chi connectivity index (χ2n) is 3.35. The number of rotatable bonds is 0. The summed E-state index contributed by atoms with van der Waals surface area (Å²) in [5.41, 5.74) is 1.86. The maximum Gasteiger partial charge on any atom is 0.253 e. The van der Waals surface area contributed by atoms with Crippen LogP contribution in [0.15, 0.2) is 22.7 Å². The van der Waals surface area contributed by atoms with Crippen LogP contribution in [-0.4, -0.2) is 17.1 Å². The monoisotopic (exact) mass is 255 g/mol. The number of nitrogens with one attached hydrogen (secondary N) is 1. The number of hydrogen-bond acceptors (Lipinski definition) is 2. The minimum absolute atomic E-state index is 0.314. The molecule has 4 heteroatoms. The van der Waals surface area contributed by atoms with Crippen molar-refractivity contribution in [3.8, 4) is 0 Å². The van der Waals surface area contributed by atoms with E-state index in [-0.39, 0.29) is 5.91 Å². The molecule has 1 atom stereocenters. The zero-order chi connectivity index (χ0) is 10.1. The van der Waals surface area contributed by atoms with Gasteiger partial charge >= 0.3 is 0 Å². The lowest BCUT2D eigenvalue weighted by molar-refractivity contribution is -0.124. The summed E-state index contributed by atoms with van der Waals surface area (Å²) in [6.07, 6.45) is 0.311. The Kier molecular flexibility index (Phi) is 2.56. The van der Waals surface area contributed by atoms with Crippen LogP contribution in [0.2, 0.25) is 0 Å². The average molecular weight is 256 g/mol. The number of aliphatic hydroxyl groups excluding tert-OH is 1. The summed E-state index contributed by atoms with van der Waals surface area (Å²) in [6.45, 7) is 0. The van der Waals surface area contributed by atoms with Gasteiger partial charge < -0.3 is 10.4 Å². The number of carbonyl (C=O) groups excluding carboxylic acids is 1. The van der Waals surface area contributed by atoms with E-state index < -0.39 is 6.10 Å². The van der Waals surface area contributed by atoms with E-state index in [1.165, 1.54) is 0 Å². The number of benzene rings is 1. The summed E-state index contributed by atoms with van der Waals surface area (Å²) in [4.78, 5) is 11.3. The van der Waals surface area contributed by atoms with Gasteiger partial charge in [0.1, 0.15) is 6.10 Å². The van der Waals surface area contributed by atoms with Crippen LogP contribution >= 0.6 is 15.9 Å². The molecule has 0 aromatic heterocycles. The minimum atomic E-state index is -0.888. The van der Waals surface area contributed by atoms with Crippen molar-refractivity contribution in [2.45, 2.75) is 18.9 Å². The van der Waals surface area contributed by atoms with Gasteiger partial charge in [0.25, 0.3) is 5.91 Å². The van der Waals surface area contributed by atoms with E-state index in [1.54, 1.807) is 0 Å². The molecule has 14 heavy (non-hydrogen) atoms. The zero-order valence-corrected chi connectivity index (χ0v) is 9.04. The Labute approximate surface area is 90.3 Å². The summed E-state index contributed by atoms with van der Waals surface area (Å²) in [7, 11) is 0. The summed E-state index contributed by atoms with van der Waals surface area (Å²) >= 11 is 3.37. The second kappa shape index (κ2) is 3.71. The normalized spacial score (nSPS) is 21.0. The van der Waals surface area contributed by atoms with Crippen LogP contribution in [0.1, 0.15) is 12.0 Å². The third-order valence-corrected chi connectivity index (χ3v) is 2.81. The quantitative estimate of drug-likeness (QED) is 0.742. The predicted octanol–water partition coefficient (Wildman–Crippen LogP) is 1.69.